The molecule has 2 heteroatoms. The molecule has 0 saturated heterocycles. The molecule has 2 N–H and O–H groups in total. The van der Waals surface area contributed by atoms with Gasteiger partial charge in [0.15, 0.2) is 0 Å². The fraction of sp³-hybridized carbons (Fsp3) is 0.400. The van der Waals surface area contributed by atoms with E-state index in [-0.39, 0.29) is 0 Å². The van der Waals surface area contributed by atoms with Crippen molar-refractivity contribution in [1.29, 1.82) is 0 Å². The number of rotatable bonds is 3. The molecule has 2 nitrogen and oxygen atoms in total. The second-order valence-electron chi connectivity index (χ2n) is 3.36. The van der Waals surface area contributed by atoms with E-state index in [1.807, 2.05) is 24.3 Å². The highest BCUT2D eigenvalue weighted by molar-refractivity contribution is 5.27. The summed E-state index contributed by atoms with van der Waals surface area (Å²) in [6.07, 6.45) is 1.10. The number of hydrogen-bond acceptors (Lipinski definition) is 2. The van der Waals surface area contributed by atoms with Gasteiger partial charge in [-0.05, 0) is 30.0 Å². The molecule has 0 amide bonds. The minimum absolute atomic E-state index is 0.689. The second kappa shape index (κ2) is 4.12. The molecule has 0 aliphatic carbocycles. The molecule has 0 atom stereocenters. The highest BCUT2D eigenvalue weighted by Gasteiger charge is 1.97. The number of benzene rings is 1. The van der Waals surface area contributed by atoms with E-state index in [0.29, 0.717) is 11.7 Å². The summed E-state index contributed by atoms with van der Waals surface area (Å²) in [6.45, 7) is 4.40. The lowest BCUT2D eigenvalue weighted by Crippen LogP contribution is -2.01. The van der Waals surface area contributed by atoms with Crippen molar-refractivity contribution in [2.45, 2.75) is 20.3 Å². The maximum Gasteiger partial charge on any atom is 0.146 e. The molecular weight excluding hydrogens is 150 g/mol. The average molecular weight is 165 g/mol. The van der Waals surface area contributed by atoms with Crippen LogP contribution in [0.25, 0.3) is 0 Å². The molecule has 0 aliphatic heterocycles. The molecule has 0 fully saturated rings. The smallest absolute Gasteiger partial charge is 0.146 e. The molecule has 1 rings (SSSR count). The van der Waals surface area contributed by atoms with Crippen LogP contribution >= 0.6 is 0 Å². The van der Waals surface area contributed by atoms with Gasteiger partial charge >= 0.3 is 0 Å². The number of hydrogen-bond donors (Lipinski definition) is 1. The first kappa shape index (κ1) is 9.07. The van der Waals surface area contributed by atoms with Crippen LogP contribution in [0.4, 0.5) is 0 Å². The molecule has 0 saturated carbocycles. The predicted molar refractivity (Wildman–Crippen MR) is 49.8 cm³/mol. The lowest BCUT2D eigenvalue weighted by molar-refractivity contribution is 0.334. The molecule has 0 unspecified atom stereocenters. The van der Waals surface area contributed by atoms with Gasteiger partial charge in [-0.2, -0.15) is 5.90 Å². The van der Waals surface area contributed by atoms with E-state index in [1.54, 1.807) is 0 Å². The maximum atomic E-state index is 5.00. The molecule has 0 spiro atoms. The molecule has 0 aromatic heterocycles. The van der Waals surface area contributed by atoms with Gasteiger partial charge < -0.3 is 4.84 Å². The summed E-state index contributed by atoms with van der Waals surface area (Å²) in [4.78, 5) is 4.57. The third-order valence-electron chi connectivity index (χ3n) is 1.70. The minimum atomic E-state index is 0.689. The van der Waals surface area contributed by atoms with E-state index in [0.717, 1.165) is 6.42 Å². The zero-order valence-electron chi connectivity index (χ0n) is 7.58. The summed E-state index contributed by atoms with van der Waals surface area (Å²) < 4.78 is 0. The highest BCUT2D eigenvalue weighted by Crippen LogP contribution is 2.13. The monoisotopic (exact) mass is 165 g/mol. The van der Waals surface area contributed by atoms with Crippen molar-refractivity contribution < 1.29 is 4.84 Å². The largest absolute Gasteiger partial charge is 0.412 e. The van der Waals surface area contributed by atoms with E-state index >= 15 is 0 Å². The lowest BCUT2D eigenvalue weighted by atomic mass is 10.0. The molecule has 12 heavy (non-hydrogen) atoms. The van der Waals surface area contributed by atoms with Gasteiger partial charge in [0.25, 0.3) is 0 Å². The maximum absolute atomic E-state index is 5.00. The Labute approximate surface area is 73.3 Å². The Morgan fingerprint density at radius 3 is 2.25 bits per heavy atom. The van der Waals surface area contributed by atoms with Gasteiger partial charge in [0.05, 0.1) is 0 Å². The van der Waals surface area contributed by atoms with Crippen molar-refractivity contribution in [2.24, 2.45) is 11.8 Å². The van der Waals surface area contributed by atoms with Crippen LogP contribution in [-0.4, -0.2) is 0 Å². The molecule has 0 bridgehead atoms. The summed E-state index contributed by atoms with van der Waals surface area (Å²) in [5, 5.41) is 0. The van der Waals surface area contributed by atoms with Gasteiger partial charge in [0, 0.05) is 0 Å². The topological polar surface area (TPSA) is 35.2 Å². The van der Waals surface area contributed by atoms with Gasteiger partial charge in [-0.3, -0.25) is 0 Å². The van der Waals surface area contributed by atoms with E-state index in [1.165, 1.54) is 5.56 Å². The van der Waals surface area contributed by atoms with Crippen molar-refractivity contribution in [3.63, 3.8) is 0 Å². The quantitative estimate of drug-likeness (QED) is 0.696. The second-order valence-corrected chi connectivity index (χ2v) is 3.36. The Balaban J connectivity index is 2.65. The third-order valence-corrected chi connectivity index (χ3v) is 1.70. The van der Waals surface area contributed by atoms with Crippen LogP contribution in [0.15, 0.2) is 24.3 Å². The summed E-state index contributed by atoms with van der Waals surface area (Å²) in [5.41, 5.74) is 1.32. The standard InChI is InChI=1S/C10H15NO/c1-8(2)7-9-3-5-10(12-11)6-4-9/h3-6,8H,7,11H2,1-2H3. The van der Waals surface area contributed by atoms with E-state index in [4.69, 9.17) is 5.90 Å². The van der Waals surface area contributed by atoms with Crippen molar-refractivity contribution in [3.05, 3.63) is 29.8 Å². The predicted octanol–water partition coefficient (Wildman–Crippen LogP) is 2.14. The summed E-state index contributed by atoms with van der Waals surface area (Å²) >= 11 is 0. The summed E-state index contributed by atoms with van der Waals surface area (Å²) in [6, 6.07) is 7.86. The Kier molecular flexibility index (Phi) is 3.11. The zero-order chi connectivity index (χ0) is 8.97. The molecule has 0 radical (unpaired) electrons. The summed E-state index contributed by atoms with van der Waals surface area (Å²) in [7, 11) is 0. The van der Waals surface area contributed by atoms with Crippen molar-refractivity contribution in [3.8, 4) is 5.75 Å². The van der Waals surface area contributed by atoms with E-state index in [2.05, 4.69) is 18.7 Å². The Hall–Kier alpha value is -1.02. The molecule has 0 heterocycles. The minimum Gasteiger partial charge on any atom is -0.412 e. The van der Waals surface area contributed by atoms with Gasteiger partial charge in [-0.1, -0.05) is 26.0 Å². The SMILES string of the molecule is CC(C)Cc1ccc(ON)cc1. The third kappa shape index (κ3) is 2.55. The van der Waals surface area contributed by atoms with Gasteiger partial charge in [-0.25, -0.2) is 0 Å². The molecular formula is C10H15NO. The number of nitrogens with two attached hydrogens (primary N) is 1. The molecule has 0 aliphatic rings. The van der Waals surface area contributed by atoms with E-state index in [9.17, 15) is 0 Å². The van der Waals surface area contributed by atoms with Crippen molar-refractivity contribution in [2.75, 3.05) is 0 Å². The fourth-order valence-electron chi connectivity index (χ4n) is 1.18. The Morgan fingerprint density at radius 2 is 1.83 bits per heavy atom. The first-order chi connectivity index (χ1) is 5.72. The molecule has 1 aromatic rings. The van der Waals surface area contributed by atoms with Crippen LogP contribution in [0.1, 0.15) is 19.4 Å². The van der Waals surface area contributed by atoms with Crippen LogP contribution in [0.5, 0.6) is 5.75 Å². The summed E-state index contributed by atoms with van der Waals surface area (Å²) in [5.74, 6) is 6.40. The molecule has 66 valence electrons. The fourth-order valence-corrected chi connectivity index (χ4v) is 1.18. The van der Waals surface area contributed by atoms with Gasteiger partial charge in [-0.15, -0.1) is 0 Å². The zero-order valence-corrected chi connectivity index (χ0v) is 7.58. The Morgan fingerprint density at radius 1 is 1.25 bits per heavy atom. The molecule has 1 aromatic carbocycles. The van der Waals surface area contributed by atoms with Crippen LogP contribution in [0.2, 0.25) is 0 Å². The van der Waals surface area contributed by atoms with E-state index < -0.39 is 0 Å². The Bertz CT molecular complexity index is 228. The normalized spacial score (nSPS) is 10.3. The lowest BCUT2D eigenvalue weighted by Gasteiger charge is -2.04. The van der Waals surface area contributed by atoms with Crippen LogP contribution < -0.4 is 10.7 Å². The first-order valence-corrected chi connectivity index (χ1v) is 4.18. The van der Waals surface area contributed by atoms with Crippen molar-refractivity contribution >= 4 is 0 Å². The first-order valence-electron chi connectivity index (χ1n) is 4.18. The van der Waals surface area contributed by atoms with Gasteiger partial charge in [0.1, 0.15) is 5.75 Å². The van der Waals surface area contributed by atoms with Crippen LogP contribution in [0.3, 0.4) is 0 Å². The van der Waals surface area contributed by atoms with Crippen molar-refractivity contribution in [1.82, 2.24) is 0 Å². The van der Waals surface area contributed by atoms with Crippen LogP contribution in [-0.2, 0) is 6.42 Å². The van der Waals surface area contributed by atoms with Crippen LogP contribution in [0, 0.1) is 5.92 Å². The average Bonchev–Trinajstić information content (AvgIpc) is 2.05. The highest BCUT2D eigenvalue weighted by atomic mass is 16.6. The van der Waals surface area contributed by atoms with Gasteiger partial charge in [0.2, 0.25) is 0 Å².